The summed E-state index contributed by atoms with van der Waals surface area (Å²) in [5.74, 6) is 0.787. The highest BCUT2D eigenvalue weighted by Gasteiger charge is 2.25. The Morgan fingerprint density at radius 1 is 1.21 bits per heavy atom. The van der Waals surface area contributed by atoms with Gasteiger partial charge in [0.15, 0.2) is 0 Å². The molecule has 3 heterocycles. The summed E-state index contributed by atoms with van der Waals surface area (Å²) in [5.41, 5.74) is 5.40. The van der Waals surface area contributed by atoms with Gasteiger partial charge in [0.1, 0.15) is 11.1 Å². The highest BCUT2D eigenvalue weighted by atomic mass is 32.2. The SMILES string of the molecule is CN1CCc2c(-c3cccs3)nc(SC/C=C\c3ccccc3)c(C#N)c2C1. The van der Waals surface area contributed by atoms with E-state index in [9.17, 15) is 5.26 Å². The molecule has 28 heavy (non-hydrogen) atoms. The molecule has 1 aromatic carbocycles. The Morgan fingerprint density at radius 3 is 2.82 bits per heavy atom. The minimum Gasteiger partial charge on any atom is -0.302 e. The second-order valence-electron chi connectivity index (χ2n) is 6.80. The van der Waals surface area contributed by atoms with Crippen LogP contribution in [0.5, 0.6) is 0 Å². The number of thioether (sulfide) groups is 1. The Bertz CT molecular complexity index is 1020. The molecule has 0 spiro atoms. The van der Waals surface area contributed by atoms with Gasteiger partial charge >= 0.3 is 0 Å². The average Bonchev–Trinajstić information content (AvgIpc) is 3.25. The molecule has 0 radical (unpaired) electrons. The largest absolute Gasteiger partial charge is 0.302 e. The fourth-order valence-corrected chi connectivity index (χ4v) is 5.02. The summed E-state index contributed by atoms with van der Waals surface area (Å²) in [7, 11) is 2.12. The lowest BCUT2D eigenvalue weighted by Gasteiger charge is -2.28. The van der Waals surface area contributed by atoms with Gasteiger partial charge in [-0.2, -0.15) is 5.26 Å². The molecule has 0 aliphatic carbocycles. The number of thiophene rings is 1. The van der Waals surface area contributed by atoms with Crippen LogP contribution in [-0.4, -0.2) is 29.2 Å². The molecule has 0 saturated carbocycles. The van der Waals surface area contributed by atoms with Crippen molar-refractivity contribution in [3.63, 3.8) is 0 Å². The van der Waals surface area contributed by atoms with Crippen LogP contribution in [0.3, 0.4) is 0 Å². The summed E-state index contributed by atoms with van der Waals surface area (Å²) in [4.78, 5) is 8.44. The number of rotatable bonds is 5. The van der Waals surface area contributed by atoms with E-state index in [2.05, 4.69) is 59.8 Å². The lowest BCUT2D eigenvalue weighted by Crippen LogP contribution is -2.28. The molecule has 3 nitrogen and oxygen atoms in total. The van der Waals surface area contributed by atoms with Crippen molar-refractivity contribution in [1.29, 1.82) is 5.26 Å². The molecular weight excluding hydrogens is 382 g/mol. The summed E-state index contributed by atoms with van der Waals surface area (Å²) < 4.78 is 0. The van der Waals surface area contributed by atoms with Gasteiger partial charge in [0.2, 0.25) is 0 Å². The van der Waals surface area contributed by atoms with E-state index in [4.69, 9.17) is 4.98 Å². The van der Waals surface area contributed by atoms with Crippen LogP contribution >= 0.6 is 23.1 Å². The number of aromatic nitrogens is 1. The lowest BCUT2D eigenvalue weighted by molar-refractivity contribution is 0.312. The van der Waals surface area contributed by atoms with E-state index < -0.39 is 0 Å². The number of pyridine rings is 1. The minimum atomic E-state index is 0.750. The van der Waals surface area contributed by atoms with Crippen LogP contribution in [0, 0.1) is 11.3 Å². The zero-order valence-electron chi connectivity index (χ0n) is 15.8. The monoisotopic (exact) mass is 403 g/mol. The Labute approximate surface area is 174 Å². The molecule has 0 saturated heterocycles. The first kappa shape index (κ1) is 18.9. The fourth-order valence-electron chi connectivity index (χ4n) is 3.46. The standard InChI is InChI=1S/C23H21N3S2/c1-26-12-11-18-20(16-26)19(15-24)23(25-22(18)21-10-6-13-27-21)28-14-5-9-17-7-3-2-4-8-17/h2-10,13H,11-12,14,16H2,1H3/b9-5-. The van der Waals surface area contributed by atoms with Gasteiger partial charge in [0.25, 0.3) is 0 Å². The zero-order valence-corrected chi connectivity index (χ0v) is 17.4. The van der Waals surface area contributed by atoms with E-state index >= 15 is 0 Å². The van der Waals surface area contributed by atoms with Gasteiger partial charge in [0, 0.05) is 18.8 Å². The van der Waals surface area contributed by atoms with Crippen molar-refractivity contribution in [2.45, 2.75) is 18.0 Å². The molecular formula is C23H21N3S2. The Kier molecular flexibility index (Phi) is 5.92. The Balaban J connectivity index is 1.66. The van der Waals surface area contributed by atoms with E-state index in [-0.39, 0.29) is 0 Å². The van der Waals surface area contributed by atoms with Gasteiger partial charge in [-0.25, -0.2) is 4.98 Å². The predicted octanol–water partition coefficient (Wildman–Crippen LogP) is 5.48. The molecule has 1 aliphatic heterocycles. The molecule has 140 valence electrons. The molecule has 0 amide bonds. The normalized spacial score (nSPS) is 14.1. The zero-order chi connectivity index (χ0) is 19.3. The van der Waals surface area contributed by atoms with Gasteiger partial charge in [-0.05, 0) is 41.6 Å². The van der Waals surface area contributed by atoms with Crippen LogP contribution in [0.2, 0.25) is 0 Å². The van der Waals surface area contributed by atoms with E-state index in [1.807, 2.05) is 18.2 Å². The summed E-state index contributed by atoms with van der Waals surface area (Å²) in [6, 6.07) is 16.9. The maximum absolute atomic E-state index is 9.88. The van der Waals surface area contributed by atoms with Crippen LogP contribution in [0.25, 0.3) is 16.6 Å². The molecule has 0 fully saturated rings. The Hall–Kier alpha value is -2.39. The number of fused-ring (bicyclic) bond motifs is 1. The number of nitriles is 1. The molecule has 0 N–H and O–H groups in total. The number of likely N-dealkylation sites (N-methyl/N-ethyl adjacent to an activating group) is 1. The molecule has 5 heteroatoms. The summed E-state index contributed by atoms with van der Waals surface area (Å²) in [6.45, 7) is 1.82. The number of nitrogens with zero attached hydrogens (tertiary/aromatic N) is 3. The first-order valence-electron chi connectivity index (χ1n) is 9.29. The van der Waals surface area contributed by atoms with Crippen molar-refractivity contribution in [2.24, 2.45) is 0 Å². The van der Waals surface area contributed by atoms with Crippen molar-refractivity contribution in [3.8, 4) is 16.6 Å². The van der Waals surface area contributed by atoms with Crippen molar-refractivity contribution in [1.82, 2.24) is 9.88 Å². The number of hydrogen-bond donors (Lipinski definition) is 0. The number of hydrogen-bond acceptors (Lipinski definition) is 5. The smallest absolute Gasteiger partial charge is 0.115 e. The summed E-state index contributed by atoms with van der Waals surface area (Å²) >= 11 is 3.36. The van der Waals surface area contributed by atoms with Gasteiger partial charge in [-0.1, -0.05) is 48.6 Å². The lowest BCUT2D eigenvalue weighted by atomic mass is 9.94. The Morgan fingerprint density at radius 2 is 2.07 bits per heavy atom. The quantitative estimate of drug-likeness (QED) is 0.529. The third-order valence-electron chi connectivity index (χ3n) is 4.84. The first-order chi connectivity index (χ1) is 13.8. The third kappa shape index (κ3) is 4.05. The highest BCUT2D eigenvalue weighted by molar-refractivity contribution is 7.99. The highest BCUT2D eigenvalue weighted by Crippen LogP contribution is 2.37. The molecule has 4 rings (SSSR count). The second kappa shape index (κ2) is 8.74. The predicted molar refractivity (Wildman–Crippen MR) is 119 cm³/mol. The van der Waals surface area contributed by atoms with Gasteiger partial charge in [-0.15, -0.1) is 23.1 Å². The van der Waals surface area contributed by atoms with Crippen LogP contribution in [0.1, 0.15) is 22.3 Å². The summed E-state index contributed by atoms with van der Waals surface area (Å²) in [6.07, 6.45) is 5.20. The molecule has 0 bridgehead atoms. The number of benzene rings is 1. The van der Waals surface area contributed by atoms with Gasteiger partial charge in [0.05, 0.1) is 16.1 Å². The van der Waals surface area contributed by atoms with Crippen molar-refractivity contribution in [2.75, 3.05) is 19.3 Å². The fraction of sp³-hybridized carbons (Fsp3) is 0.217. The molecule has 2 aromatic heterocycles. The molecule has 1 aliphatic rings. The van der Waals surface area contributed by atoms with Crippen molar-refractivity contribution >= 4 is 29.2 Å². The van der Waals surface area contributed by atoms with Crippen LogP contribution in [-0.2, 0) is 13.0 Å². The van der Waals surface area contributed by atoms with E-state index in [1.165, 1.54) is 16.0 Å². The molecule has 0 atom stereocenters. The second-order valence-corrected chi connectivity index (χ2v) is 8.76. The van der Waals surface area contributed by atoms with Gasteiger partial charge in [-0.3, -0.25) is 0 Å². The minimum absolute atomic E-state index is 0.750. The van der Waals surface area contributed by atoms with Crippen molar-refractivity contribution in [3.05, 3.63) is 76.2 Å². The van der Waals surface area contributed by atoms with E-state index in [1.54, 1.807) is 23.1 Å². The van der Waals surface area contributed by atoms with Crippen LogP contribution < -0.4 is 0 Å². The maximum atomic E-state index is 9.88. The van der Waals surface area contributed by atoms with E-state index in [0.29, 0.717) is 0 Å². The first-order valence-corrected chi connectivity index (χ1v) is 11.2. The van der Waals surface area contributed by atoms with E-state index in [0.717, 1.165) is 47.1 Å². The molecule has 0 unspecified atom stereocenters. The van der Waals surface area contributed by atoms with Gasteiger partial charge < -0.3 is 4.90 Å². The maximum Gasteiger partial charge on any atom is 0.115 e. The van der Waals surface area contributed by atoms with Crippen LogP contribution in [0.15, 0.2) is 58.9 Å². The summed E-state index contributed by atoms with van der Waals surface area (Å²) in [5, 5.41) is 12.8. The average molecular weight is 404 g/mol. The van der Waals surface area contributed by atoms with Crippen LogP contribution in [0.4, 0.5) is 0 Å². The topological polar surface area (TPSA) is 39.9 Å². The third-order valence-corrected chi connectivity index (χ3v) is 6.65. The molecule has 3 aromatic rings. The van der Waals surface area contributed by atoms with Crippen molar-refractivity contribution < 1.29 is 0 Å².